The van der Waals surface area contributed by atoms with Gasteiger partial charge in [-0.15, -0.1) is 11.8 Å². The summed E-state index contributed by atoms with van der Waals surface area (Å²) in [5.74, 6) is 0. The first-order chi connectivity index (χ1) is 7.54. The molecule has 0 saturated heterocycles. The van der Waals surface area contributed by atoms with Crippen LogP contribution in [0.1, 0.15) is 5.56 Å². The lowest BCUT2D eigenvalue weighted by Crippen LogP contribution is -2.26. The maximum atomic E-state index is 10.7. The van der Waals surface area contributed by atoms with Crippen LogP contribution in [-0.4, -0.2) is 35.9 Å². The molecule has 0 aliphatic heterocycles. The summed E-state index contributed by atoms with van der Waals surface area (Å²) in [7, 11) is 1.53. The first-order valence-corrected chi connectivity index (χ1v) is 6.03. The van der Waals surface area contributed by atoms with E-state index in [-0.39, 0.29) is 0 Å². The van der Waals surface area contributed by atoms with Crippen LogP contribution in [0.15, 0.2) is 35.7 Å². The molecule has 0 fully saturated rings. The minimum atomic E-state index is -0.942. The molecule has 0 aromatic heterocycles. The normalized spacial score (nSPS) is 9.88. The summed E-state index contributed by atoms with van der Waals surface area (Å²) in [5.41, 5.74) is 1.79. The third-order valence-corrected chi connectivity index (χ3v) is 2.96. The average molecular weight is 237 g/mol. The Morgan fingerprint density at radius 1 is 1.56 bits per heavy atom. The van der Waals surface area contributed by atoms with Crippen molar-refractivity contribution in [2.45, 2.75) is 4.90 Å². The predicted octanol–water partition coefficient (Wildman–Crippen LogP) is 3.03. The highest BCUT2D eigenvalue weighted by molar-refractivity contribution is 7.98. The van der Waals surface area contributed by atoms with Gasteiger partial charge in [0, 0.05) is 18.5 Å². The predicted molar refractivity (Wildman–Crippen MR) is 67.9 cm³/mol. The summed E-state index contributed by atoms with van der Waals surface area (Å²) in [6, 6.07) is 7.93. The van der Waals surface area contributed by atoms with Crippen molar-refractivity contribution >= 4 is 23.4 Å². The van der Waals surface area contributed by atoms with Crippen LogP contribution in [0.5, 0.6) is 0 Å². The van der Waals surface area contributed by atoms with E-state index in [9.17, 15) is 4.79 Å². The summed E-state index contributed by atoms with van der Waals surface area (Å²) in [6.45, 7) is 4.24. The van der Waals surface area contributed by atoms with Gasteiger partial charge in [-0.05, 0) is 29.5 Å². The fourth-order valence-corrected chi connectivity index (χ4v) is 1.75. The molecule has 0 aliphatic rings. The van der Waals surface area contributed by atoms with E-state index >= 15 is 0 Å². The maximum absolute atomic E-state index is 10.7. The summed E-state index contributed by atoms with van der Waals surface area (Å²) in [5, 5.41) is 8.76. The number of amides is 1. The lowest BCUT2D eigenvalue weighted by atomic mass is 10.1. The Balaban J connectivity index is 2.76. The molecule has 86 valence electrons. The van der Waals surface area contributed by atoms with Gasteiger partial charge in [0.2, 0.25) is 0 Å². The van der Waals surface area contributed by atoms with Crippen molar-refractivity contribution in [1.82, 2.24) is 4.90 Å². The summed E-state index contributed by atoms with van der Waals surface area (Å²) < 4.78 is 0. The number of nitrogens with zero attached hydrogens (tertiary/aromatic N) is 1. The van der Waals surface area contributed by atoms with E-state index in [1.54, 1.807) is 11.8 Å². The number of hydrogen-bond acceptors (Lipinski definition) is 2. The number of carbonyl (C=O) groups is 1. The molecule has 1 rings (SSSR count). The fraction of sp³-hybridized carbons (Fsp3) is 0.250. The van der Waals surface area contributed by atoms with Gasteiger partial charge in [-0.25, -0.2) is 4.79 Å². The van der Waals surface area contributed by atoms with Gasteiger partial charge < -0.3 is 10.0 Å². The molecular weight excluding hydrogens is 222 g/mol. The van der Waals surface area contributed by atoms with E-state index in [2.05, 4.69) is 6.58 Å². The minimum Gasteiger partial charge on any atom is -0.465 e. The molecule has 1 aromatic rings. The molecule has 4 heteroatoms. The second kappa shape index (κ2) is 5.61. The van der Waals surface area contributed by atoms with Gasteiger partial charge >= 0.3 is 6.09 Å². The average Bonchev–Trinajstić information content (AvgIpc) is 2.28. The number of benzene rings is 1. The fourth-order valence-electron chi connectivity index (χ4n) is 1.29. The summed E-state index contributed by atoms with van der Waals surface area (Å²) in [4.78, 5) is 13.0. The molecule has 1 N–H and O–H groups in total. The Labute approximate surface area is 99.8 Å². The number of hydrogen-bond donors (Lipinski definition) is 1. The van der Waals surface area contributed by atoms with Gasteiger partial charge in [-0.2, -0.15) is 0 Å². The summed E-state index contributed by atoms with van der Waals surface area (Å²) >= 11 is 1.65. The van der Waals surface area contributed by atoms with Crippen molar-refractivity contribution in [3.05, 3.63) is 36.4 Å². The molecule has 3 nitrogen and oxygen atoms in total. The molecule has 0 radical (unpaired) electrons. The molecule has 0 atom stereocenters. The van der Waals surface area contributed by atoms with Crippen LogP contribution in [0.2, 0.25) is 0 Å². The van der Waals surface area contributed by atoms with Gasteiger partial charge in [-0.3, -0.25) is 0 Å². The van der Waals surface area contributed by atoms with E-state index in [1.807, 2.05) is 30.5 Å². The zero-order valence-corrected chi connectivity index (χ0v) is 10.3. The van der Waals surface area contributed by atoms with Crippen molar-refractivity contribution in [2.24, 2.45) is 0 Å². The Morgan fingerprint density at radius 3 is 2.81 bits per heavy atom. The number of thioether (sulfide) groups is 1. The van der Waals surface area contributed by atoms with Crippen LogP contribution in [0.25, 0.3) is 5.57 Å². The lowest BCUT2D eigenvalue weighted by Gasteiger charge is -2.15. The first kappa shape index (κ1) is 12.6. The molecule has 0 unspecified atom stereocenters. The Kier molecular flexibility index (Phi) is 4.43. The first-order valence-electron chi connectivity index (χ1n) is 4.81. The largest absolute Gasteiger partial charge is 0.465 e. The van der Waals surface area contributed by atoms with Crippen molar-refractivity contribution in [2.75, 3.05) is 19.8 Å². The SMILES string of the molecule is C=C(CN(C)C(=O)O)c1cccc(SC)c1. The van der Waals surface area contributed by atoms with Crippen LogP contribution in [0.4, 0.5) is 4.79 Å². The van der Waals surface area contributed by atoms with E-state index < -0.39 is 6.09 Å². The Bertz CT molecular complexity index is 404. The van der Waals surface area contributed by atoms with Crippen molar-refractivity contribution in [3.63, 3.8) is 0 Å². The molecule has 0 aliphatic carbocycles. The quantitative estimate of drug-likeness (QED) is 0.818. The maximum Gasteiger partial charge on any atom is 0.407 e. The van der Waals surface area contributed by atoms with Crippen LogP contribution >= 0.6 is 11.8 Å². The lowest BCUT2D eigenvalue weighted by molar-refractivity contribution is 0.161. The van der Waals surface area contributed by atoms with Crippen LogP contribution in [-0.2, 0) is 0 Å². The van der Waals surface area contributed by atoms with E-state index in [0.29, 0.717) is 6.54 Å². The second-order valence-electron chi connectivity index (χ2n) is 3.47. The highest BCUT2D eigenvalue weighted by Gasteiger charge is 2.08. The molecule has 1 amide bonds. The van der Waals surface area contributed by atoms with Gasteiger partial charge in [0.05, 0.1) is 0 Å². The van der Waals surface area contributed by atoms with Crippen LogP contribution in [0, 0.1) is 0 Å². The zero-order valence-electron chi connectivity index (χ0n) is 9.43. The standard InChI is InChI=1S/C12H15NO2S/c1-9(8-13(2)12(14)15)10-5-4-6-11(7-10)16-3/h4-7H,1,8H2,2-3H3,(H,14,15). The highest BCUT2D eigenvalue weighted by atomic mass is 32.2. The van der Waals surface area contributed by atoms with Crippen LogP contribution < -0.4 is 0 Å². The van der Waals surface area contributed by atoms with Gasteiger partial charge in [0.25, 0.3) is 0 Å². The van der Waals surface area contributed by atoms with E-state index in [4.69, 9.17) is 5.11 Å². The monoisotopic (exact) mass is 237 g/mol. The number of carboxylic acid groups (broad SMARTS) is 1. The molecular formula is C12H15NO2S. The highest BCUT2D eigenvalue weighted by Crippen LogP contribution is 2.20. The van der Waals surface area contributed by atoms with Gasteiger partial charge in [0.1, 0.15) is 0 Å². The van der Waals surface area contributed by atoms with E-state index in [1.165, 1.54) is 11.9 Å². The van der Waals surface area contributed by atoms with Crippen molar-refractivity contribution in [3.8, 4) is 0 Å². The van der Waals surface area contributed by atoms with Crippen LogP contribution in [0.3, 0.4) is 0 Å². The third kappa shape index (κ3) is 3.31. The smallest absolute Gasteiger partial charge is 0.407 e. The van der Waals surface area contributed by atoms with Crippen molar-refractivity contribution in [1.29, 1.82) is 0 Å². The third-order valence-electron chi connectivity index (χ3n) is 2.23. The molecule has 0 spiro atoms. The van der Waals surface area contributed by atoms with Gasteiger partial charge in [-0.1, -0.05) is 18.7 Å². The Hall–Kier alpha value is -1.42. The summed E-state index contributed by atoms with van der Waals surface area (Å²) in [6.07, 6.45) is 1.06. The molecule has 16 heavy (non-hydrogen) atoms. The molecule has 1 aromatic carbocycles. The number of likely N-dealkylation sites (N-methyl/N-ethyl adjacent to an activating group) is 1. The zero-order chi connectivity index (χ0) is 12.1. The number of rotatable bonds is 4. The van der Waals surface area contributed by atoms with E-state index in [0.717, 1.165) is 16.0 Å². The van der Waals surface area contributed by atoms with Crippen molar-refractivity contribution < 1.29 is 9.90 Å². The molecule has 0 saturated carbocycles. The Morgan fingerprint density at radius 2 is 2.25 bits per heavy atom. The second-order valence-corrected chi connectivity index (χ2v) is 4.35. The topological polar surface area (TPSA) is 40.5 Å². The minimum absolute atomic E-state index is 0.327. The molecule has 0 bridgehead atoms. The molecule has 0 heterocycles. The van der Waals surface area contributed by atoms with Gasteiger partial charge in [0.15, 0.2) is 0 Å².